The highest BCUT2D eigenvalue weighted by atomic mass is 16.2. The van der Waals surface area contributed by atoms with Gasteiger partial charge in [0.2, 0.25) is 0 Å². The Labute approximate surface area is 139 Å². The molecule has 2 N–H and O–H groups in total. The molecule has 0 bridgehead atoms. The Morgan fingerprint density at radius 2 is 1.79 bits per heavy atom. The molecule has 3 aromatic rings. The summed E-state index contributed by atoms with van der Waals surface area (Å²) in [4.78, 5) is 31.3. The van der Waals surface area contributed by atoms with Gasteiger partial charge in [-0.3, -0.25) is 9.59 Å². The number of anilines is 1. The van der Waals surface area contributed by atoms with E-state index >= 15 is 0 Å². The Morgan fingerprint density at radius 3 is 2.42 bits per heavy atom. The van der Waals surface area contributed by atoms with Crippen LogP contribution in [0.5, 0.6) is 0 Å². The molecular formula is C19H17N3O2. The number of hydrogen-bond donors (Lipinski definition) is 2. The highest BCUT2D eigenvalue weighted by Crippen LogP contribution is 2.13. The summed E-state index contributed by atoms with van der Waals surface area (Å²) in [6, 6.07) is 16.8. The number of carbonyl (C=O) groups excluding carboxylic acids is 1. The standard InChI is InChI=1S/C19H17N3O2/c1-2-13-8-10-15(11-9-13)21-18(23)16-12-20-17(22-19(16)24)14-6-4-3-5-7-14/h3-12H,2H2,1H3,(H,21,23)(H,20,22,24). The third-order valence-electron chi connectivity index (χ3n) is 3.71. The quantitative estimate of drug-likeness (QED) is 0.775. The molecule has 2 aromatic carbocycles. The maximum Gasteiger partial charge on any atom is 0.264 e. The number of aromatic amines is 1. The Kier molecular flexibility index (Phi) is 4.52. The van der Waals surface area contributed by atoms with Gasteiger partial charge in [-0.2, -0.15) is 0 Å². The van der Waals surface area contributed by atoms with Crippen molar-refractivity contribution < 1.29 is 4.79 Å². The van der Waals surface area contributed by atoms with Crippen LogP contribution in [0.1, 0.15) is 22.8 Å². The highest BCUT2D eigenvalue weighted by Gasteiger charge is 2.12. The number of nitrogens with zero attached hydrogens (tertiary/aromatic N) is 1. The third kappa shape index (κ3) is 3.41. The Bertz CT molecular complexity index is 900. The van der Waals surface area contributed by atoms with Crippen LogP contribution < -0.4 is 10.9 Å². The number of nitrogens with one attached hydrogen (secondary N) is 2. The van der Waals surface area contributed by atoms with Gasteiger partial charge in [0.25, 0.3) is 11.5 Å². The third-order valence-corrected chi connectivity index (χ3v) is 3.71. The summed E-state index contributed by atoms with van der Waals surface area (Å²) >= 11 is 0. The largest absolute Gasteiger partial charge is 0.322 e. The second kappa shape index (κ2) is 6.91. The minimum Gasteiger partial charge on any atom is -0.322 e. The summed E-state index contributed by atoms with van der Waals surface area (Å²) in [5.41, 5.74) is 2.13. The zero-order chi connectivity index (χ0) is 16.9. The van der Waals surface area contributed by atoms with E-state index in [1.807, 2.05) is 54.6 Å². The fourth-order valence-electron chi connectivity index (χ4n) is 2.32. The van der Waals surface area contributed by atoms with Crippen molar-refractivity contribution in [3.63, 3.8) is 0 Å². The molecule has 120 valence electrons. The van der Waals surface area contributed by atoms with Crippen molar-refractivity contribution in [3.05, 3.63) is 82.3 Å². The first-order valence-corrected chi connectivity index (χ1v) is 7.72. The van der Waals surface area contributed by atoms with Crippen LogP contribution in [-0.4, -0.2) is 15.9 Å². The summed E-state index contributed by atoms with van der Waals surface area (Å²) < 4.78 is 0. The van der Waals surface area contributed by atoms with Gasteiger partial charge in [0, 0.05) is 17.4 Å². The van der Waals surface area contributed by atoms with Crippen LogP contribution in [0.4, 0.5) is 5.69 Å². The first kappa shape index (κ1) is 15.7. The van der Waals surface area contributed by atoms with Gasteiger partial charge in [-0.15, -0.1) is 0 Å². The minimum atomic E-state index is -0.479. The SMILES string of the molecule is CCc1ccc(NC(=O)c2cnc(-c3ccccc3)[nH]c2=O)cc1. The van der Waals surface area contributed by atoms with Crippen molar-refractivity contribution in [3.8, 4) is 11.4 Å². The molecule has 0 unspecified atom stereocenters. The molecule has 5 heteroatoms. The molecular weight excluding hydrogens is 302 g/mol. The smallest absolute Gasteiger partial charge is 0.264 e. The van der Waals surface area contributed by atoms with Gasteiger partial charge in [0.05, 0.1) is 0 Å². The van der Waals surface area contributed by atoms with Crippen LogP contribution in [0.25, 0.3) is 11.4 Å². The lowest BCUT2D eigenvalue weighted by Gasteiger charge is -2.06. The van der Waals surface area contributed by atoms with Gasteiger partial charge in [-0.05, 0) is 24.1 Å². The molecule has 0 aliphatic carbocycles. The lowest BCUT2D eigenvalue weighted by atomic mass is 10.1. The minimum absolute atomic E-state index is 0.0192. The fourth-order valence-corrected chi connectivity index (χ4v) is 2.32. The first-order chi connectivity index (χ1) is 11.7. The molecule has 0 aliphatic heterocycles. The number of benzene rings is 2. The summed E-state index contributed by atoms with van der Waals surface area (Å²) in [5.74, 6) is -0.0444. The van der Waals surface area contributed by atoms with Gasteiger partial charge in [-0.1, -0.05) is 49.4 Å². The highest BCUT2D eigenvalue weighted by molar-refractivity contribution is 6.03. The maximum absolute atomic E-state index is 12.3. The first-order valence-electron chi connectivity index (χ1n) is 7.72. The molecule has 0 aliphatic rings. The van der Waals surface area contributed by atoms with Crippen molar-refractivity contribution in [2.45, 2.75) is 13.3 Å². The van der Waals surface area contributed by atoms with E-state index in [2.05, 4.69) is 22.2 Å². The number of rotatable bonds is 4. The molecule has 1 aromatic heterocycles. The molecule has 0 saturated heterocycles. The average molecular weight is 319 g/mol. The van der Waals surface area contributed by atoms with E-state index in [0.717, 1.165) is 12.0 Å². The number of aryl methyl sites for hydroxylation is 1. The van der Waals surface area contributed by atoms with E-state index < -0.39 is 11.5 Å². The number of amides is 1. The summed E-state index contributed by atoms with van der Waals surface area (Å²) in [5, 5.41) is 2.71. The molecule has 0 fully saturated rings. The normalized spacial score (nSPS) is 10.4. The van der Waals surface area contributed by atoms with E-state index in [9.17, 15) is 9.59 Å². The van der Waals surface area contributed by atoms with Gasteiger partial charge in [0.1, 0.15) is 11.4 Å². The zero-order valence-corrected chi connectivity index (χ0v) is 13.2. The number of H-pyrrole nitrogens is 1. The van der Waals surface area contributed by atoms with Crippen molar-refractivity contribution in [1.29, 1.82) is 0 Å². The van der Waals surface area contributed by atoms with Gasteiger partial charge < -0.3 is 10.3 Å². The van der Waals surface area contributed by atoms with Crippen LogP contribution in [0, 0.1) is 0 Å². The second-order valence-electron chi connectivity index (χ2n) is 5.35. The molecule has 1 amide bonds. The van der Waals surface area contributed by atoms with Crippen LogP contribution in [0.15, 0.2) is 65.6 Å². The fraction of sp³-hybridized carbons (Fsp3) is 0.105. The van der Waals surface area contributed by atoms with Crippen LogP contribution in [0.2, 0.25) is 0 Å². The van der Waals surface area contributed by atoms with Gasteiger partial charge in [-0.25, -0.2) is 4.98 Å². The van der Waals surface area contributed by atoms with E-state index in [0.29, 0.717) is 11.5 Å². The zero-order valence-electron chi connectivity index (χ0n) is 13.2. The molecule has 0 spiro atoms. The number of hydrogen-bond acceptors (Lipinski definition) is 3. The molecule has 3 rings (SSSR count). The predicted molar refractivity (Wildman–Crippen MR) is 94.1 cm³/mol. The van der Waals surface area contributed by atoms with E-state index in [1.54, 1.807) is 0 Å². The summed E-state index contributed by atoms with van der Waals surface area (Å²) in [7, 11) is 0. The lowest BCUT2D eigenvalue weighted by Crippen LogP contribution is -2.24. The monoisotopic (exact) mass is 319 g/mol. The second-order valence-corrected chi connectivity index (χ2v) is 5.35. The van der Waals surface area contributed by atoms with Crippen molar-refractivity contribution in [2.75, 3.05) is 5.32 Å². The van der Waals surface area contributed by atoms with E-state index in [4.69, 9.17) is 0 Å². The van der Waals surface area contributed by atoms with Gasteiger partial charge >= 0.3 is 0 Å². The lowest BCUT2D eigenvalue weighted by molar-refractivity contribution is 0.102. The van der Waals surface area contributed by atoms with Crippen molar-refractivity contribution >= 4 is 11.6 Å². The molecule has 0 radical (unpaired) electrons. The maximum atomic E-state index is 12.3. The van der Waals surface area contributed by atoms with Gasteiger partial charge in [0.15, 0.2) is 0 Å². The molecule has 0 saturated carbocycles. The number of carbonyl (C=O) groups is 1. The Morgan fingerprint density at radius 1 is 1.08 bits per heavy atom. The van der Waals surface area contributed by atoms with E-state index in [1.165, 1.54) is 11.8 Å². The van der Waals surface area contributed by atoms with Crippen LogP contribution >= 0.6 is 0 Å². The Balaban J connectivity index is 1.81. The van der Waals surface area contributed by atoms with Crippen LogP contribution in [0.3, 0.4) is 0 Å². The predicted octanol–water partition coefficient (Wildman–Crippen LogP) is 3.25. The molecule has 5 nitrogen and oxygen atoms in total. The molecule has 24 heavy (non-hydrogen) atoms. The molecule has 1 heterocycles. The van der Waals surface area contributed by atoms with E-state index in [-0.39, 0.29) is 5.56 Å². The van der Waals surface area contributed by atoms with Crippen molar-refractivity contribution in [1.82, 2.24) is 9.97 Å². The number of aromatic nitrogens is 2. The van der Waals surface area contributed by atoms with Crippen molar-refractivity contribution in [2.24, 2.45) is 0 Å². The van der Waals surface area contributed by atoms with Crippen LogP contribution in [-0.2, 0) is 6.42 Å². The summed E-state index contributed by atoms with van der Waals surface area (Å²) in [6.45, 7) is 2.06. The topological polar surface area (TPSA) is 74.8 Å². The Hall–Kier alpha value is -3.21. The molecule has 0 atom stereocenters. The summed E-state index contributed by atoms with van der Waals surface area (Å²) in [6.07, 6.45) is 2.23. The average Bonchev–Trinajstić information content (AvgIpc) is 2.63.